The zero-order valence-corrected chi connectivity index (χ0v) is 17.9. The van der Waals surface area contributed by atoms with E-state index in [1.54, 1.807) is 7.11 Å². The van der Waals surface area contributed by atoms with E-state index in [0.29, 0.717) is 13.2 Å². The van der Waals surface area contributed by atoms with Crippen molar-refractivity contribution in [2.45, 2.75) is 25.6 Å². The topological polar surface area (TPSA) is 69.6 Å². The molecule has 0 bridgehead atoms. The molecule has 0 aliphatic carbocycles. The highest BCUT2D eigenvalue weighted by atomic mass is 16.7. The summed E-state index contributed by atoms with van der Waals surface area (Å²) in [5, 5.41) is 0. The van der Waals surface area contributed by atoms with Crippen LogP contribution in [0.15, 0.2) is 48.8 Å². The van der Waals surface area contributed by atoms with Crippen LogP contribution in [0, 0.1) is 6.92 Å². The van der Waals surface area contributed by atoms with Gasteiger partial charge < -0.3 is 19.1 Å². The average molecular weight is 418 g/mol. The van der Waals surface area contributed by atoms with E-state index in [-0.39, 0.29) is 0 Å². The summed E-state index contributed by atoms with van der Waals surface area (Å²) >= 11 is 0. The highest BCUT2D eigenvalue weighted by Gasteiger charge is 2.40. The Labute approximate surface area is 182 Å². The van der Waals surface area contributed by atoms with Crippen molar-refractivity contribution in [2.24, 2.45) is 0 Å². The van der Waals surface area contributed by atoms with Crippen LogP contribution in [0.4, 0.5) is 5.82 Å². The van der Waals surface area contributed by atoms with Crippen LogP contribution in [0.1, 0.15) is 18.7 Å². The number of aryl methyl sites for hydroxylation is 1. The highest BCUT2D eigenvalue weighted by molar-refractivity contribution is 5.71. The molecule has 1 aromatic carbocycles. The maximum atomic E-state index is 5.85. The van der Waals surface area contributed by atoms with Crippen LogP contribution in [-0.4, -0.2) is 54.2 Å². The Kier molecular flexibility index (Phi) is 5.29. The van der Waals surface area contributed by atoms with Crippen molar-refractivity contribution < 1.29 is 14.2 Å². The van der Waals surface area contributed by atoms with Crippen LogP contribution in [0.25, 0.3) is 22.4 Å². The molecule has 5 rings (SSSR count). The van der Waals surface area contributed by atoms with E-state index < -0.39 is 5.79 Å². The van der Waals surface area contributed by atoms with Gasteiger partial charge in [0.15, 0.2) is 5.79 Å². The molecule has 7 nitrogen and oxygen atoms in total. The van der Waals surface area contributed by atoms with E-state index in [2.05, 4.69) is 27.0 Å². The molecule has 2 aliphatic rings. The molecule has 0 radical (unpaired) electrons. The third kappa shape index (κ3) is 4.11. The van der Waals surface area contributed by atoms with Gasteiger partial charge >= 0.3 is 0 Å². The van der Waals surface area contributed by atoms with Gasteiger partial charge in [0.25, 0.3) is 0 Å². The van der Waals surface area contributed by atoms with Crippen molar-refractivity contribution in [1.29, 1.82) is 0 Å². The summed E-state index contributed by atoms with van der Waals surface area (Å²) in [6.07, 6.45) is 5.41. The molecule has 7 heteroatoms. The molecule has 0 N–H and O–H groups in total. The Morgan fingerprint density at radius 1 is 0.903 bits per heavy atom. The minimum Gasteiger partial charge on any atom is -0.497 e. The SMILES string of the molecule is COc1ccc(-c2cncc(-c3cc(N4CCC5(CC4)OCCO5)nc(C)n3)c2)cc1. The molecule has 2 fully saturated rings. The minimum absolute atomic E-state index is 0.391. The van der Waals surface area contributed by atoms with E-state index in [0.717, 1.165) is 65.7 Å². The van der Waals surface area contributed by atoms with Crippen LogP contribution in [0.5, 0.6) is 5.75 Å². The van der Waals surface area contributed by atoms with Gasteiger partial charge in [0, 0.05) is 55.5 Å². The molecule has 3 aromatic rings. The number of benzene rings is 1. The number of anilines is 1. The summed E-state index contributed by atoms with van der Waals surface area (Å²) in [6.45, 7) is 5.01. The summed E-state index contributed by atoms with van der Waals surface area (Å²) < 4.78 is 17.0. The normalized spacial score (nSPS) is 17.8. The molecule has 1 spiro atoms. The number of hydrogen-bond donors (Lipinski definition) is 0. The van der Waals surface area contributed by atoms with E-state index in [1.807, 2.05) is 43.6 Å². The quantitative estimate of drug-likeness (QED) is 0.637. The Hall–Kier alpha value is -3.03. The third-order valence-corrected chi connectivity index (χ3v) is 5.94. The van der Waals surface area contributed by atoms with Crippen LogP contribution >= 0.6 is 0 Å². The monoisotopic (exact) mass is 418 g/mol. The molecule has 160 valence electrons. The first kappa shape index (κ1) is 19.9. The van der Waals surface area contributed by atoms with Gasteiger partial charge in [-0.3, -0.25) is 4.98 Å². The number of ether oxygens (including phenoxy) is 3. The van der Waals surface area contributed by atoms with Crippen molar-refractivity contribution in [1.82, 2.24) is 15.0 Å². The van der Waals surface area contributed by atoms with E-state index in [9.17, 15) is 0 Å². The Morgan fingerprint density at radius 3 is 2.32 bits per heavy atom. The van der Waals surface area contributed by atoms with Gasteiger partial charge in [0.1, 0.15) is 17.4 Å². The standard InChI is InChI=1S/C24H26N4O3/c1-17-26-22(14-23(27-17)28-9-7-24(8-10-28)30-11-12-31-24)20-13-19(15-25-16-20)18-3-5-21(29-2)6-4-18/h3-6,13-16H,7-12H2,1-2H3. The molecule has 0 saturated carbocycles. The first-order valence-electron chi connectivity index (χ1n) is 10.6. The van der Waals surface area contributed by atoms with Gasteiger partial charge in [-0.25, -0.2) is 9.97 Å². The summed E-state index contributed by atoms with van der Waals surface area (Å²) in [5.41, 5.74) is 3.96. The van der Waals surface area contributed by atoms with Gasteiger partial charge in [-0.1, -0.05) is 12.1 Å². The number of aromatic nitrogens is 3. The maximum Gasteiger partial charge on any atom is 0.171 e. The van der Waals surface area contributed by atoms with Gasteiger partial charge in [0.2, 0.25) is 0 Å². The first-order valence-corrected chi connectivity index (χ1v) is 10.6. The van der Waals surface area contributed by atoms with Gasteiger partial charge in [-0.2, -0.15) is 0 Å². The fourth-order valence-corrected chi connectivity index (χ4v) is 4.25. The largest absolute Gasteiger partial charge is 0.497 e. The van der Waals surface area contributed by atoms with Crippen LogP contribution in [-0.2, 0) is 9.47 Å². The van der Waals surface area contributed by atoms with Crippen LogP contribution in [0.3, 0.4) is 0 Å². The molecule has 4 heterocycles. The number of rotatable bonds is 4. The lowest BCUT2D eigenvalue weighted by Gasteiger charge is -2.38. The number of hydrogen-bond acceptors (Lipinski definition) is 7. The van der Waals surface area contributed by atoms with Gasteiger partial charge in [0.05, 0.1) is 26.0 Å². The molecule has 31 heavy (non-hydrogen) atoms. The lowest BCUT2D eigenvalue weighted by atomic mass is 10.0. The Bertz CT molecular complexity index is 1050. The number of nitrogens with zero attached hydrogens (tertiary/aromatic N) is 4. The molecule has 2 aromatic heterocycles. The second kappa shape index (κ2) is 8.24. The molecule has 2 aliphatic heterocycles. The molecule has 2 saturated heterocycles. The van der Waals surface area contributed by atoms with Gasteiger partial charge in [-0.15, -0.1) is 0 Å². The van der Waals surface area contributed by atoms with Crippen molar-refractivity contribution in [3.8, 4) is 28.1 Å². The van der Waals surface area contributed by atoms with Crippen LogP contribution < -0.4 is 9.64 Å². The van der Waals surface area contributed by atoms with Crippen molar-refractivity contribution in [3.05, 3.63) is 54.6 Å². The fraction of sp³-hybridized carbons (Fsp3) is 0.375. The maximum absolute atomic E-state index is 5.85. The second-order valence-corrected chi connectivity index (χ2v) is 7.94. The fourth-order valence-electron chi connectivity index (χ4n) is 4.25. The van der Waals surface area contributed by atoms with E-state index in [1.165, 1.54) is 0 Å². The summed E-state index contributed by atoms with van der Waals surface area (Å²) in [6, 6.07) is 12.1. The molecule has 0 unspecified atom stereocenters. The predicted molar refractivity (Wildman–Crippen MR) is 118 cm³/mol. The van der Waals surface area contributed by atoms with Crippen molar-refractivity contribution in [3.63, 3.8) is 0 Å². The molecular weight excluding hydrogens is 392 g/mol. The average Bonchev–Trinajstić information content (AvgIpc) is 3.27. The zero-order chi connectivity index (χ0) is 21.3. The summed E-state index contributed by atoms with van der Waals surface area (Å²) in [7, 11) is 1.67. The number of methoxy groups -OCH3 is 1. The van der Waals surface area contributed by atoms with Gasteiger partial charge in [-0.05, 0) is 30.7 Å². The smallest absolute Gasteiger partial charge is 0.171 e. The Balaban J connectivity index is 1.40. The van der Waals surface area contributed by atoms with E-state index >= 15 is 0 Å². The lowest BCUT2D eigenvalue weighted by molar-refractivity contribution is -0.169. The molecular formula is C24H26N4O3. The van der Waals surface area contributed by atoms with E-state index in [4.69, 9.17) is 19.2 Å². The summed E-state index contributed by atoms with van der Waals surface area (Å²) in [5.74, 6) is 2.12. The predicted octanol–water partition coefficient (Wildman–Crippen LogP) is 3.87. The number of pyridine rings is 1. The summed E-state index contributed by atoms with van der Waals surface area (Å²) in [4.78, 5) is 16.1. The molecule has 0 atom stereocenters. The number of piperidine rings is 1. The zero-order valence-electron chi connectivity index (χ0n) is 17.9. The Morgan fingerprint density at radius 2 is 1.61 bits per heavy atom. The van der Waals surface area contributed by atoms with Crippen molar-refractivity contribution >= 4 is 5.82 Å². The third-order valence-electron chi connectivity index (χ3n) is 5.94. The lowest BCUT2D eigenvalue weighted by Crippen LogP contribution is -2.45. The molecule has 0 amide bonds. The second-order valence-electron chi connectivity index (χ2n) is 7.94. The van der Waals surface area contributed by atoms with Crippen molar-refractivity contribution in [2.75, 3.05) is 38.3 Å². The highest BCUT2D eigenvalue weighted by Crippen LogP contribution is 2.34. The minimum atomic E-state index is -0.391. The first-order chi connectivity index (χ1) is 15.1. The van der Waals surface area contributed by atoms with Crippen LogP contribution in [0.2, 0.25) is 0 Å².